The summed E-state index contributed by atoms with van der Waals surface area (Å²) in [5, 5.41) is 0. The third-order valence-electron chi connectivity index (χ3n) is 0.940. The van der Waals surface area contributed by atoms with Crippen LogP contribution in [0.15, 0.2) is 30.3 Å². The SMILES string of the molecule is CN.Cc1ccccc1.[HH]. The molecule has 1 nitrogen and oxygen atoms in total. The van der Waals surface area contributed by atoms with Crippen molar-refractivity contribution in [2.24, 2.45) is 5.73 Å². The maximum absolute atomic E-state index is 4.50. The van der Waals surface area contributed by atoms with Crippen molar-refractivity contribution in [3.63, 3.8) is 0 Å². The maximum Gasteiger partial charge on any atom is 0 e. The molecule has 9 heavy (non-hydrogen) atoms. The zero-order valence-corrected chi connectivity index (χ0v) is 5.96. The molecular weight excluding hydrogens is 110 g/mol. The Morgan fingerprint density at radius 3 is 1.78 bits per heavy atom. The molecule has 0 amide bonds. The number of benzene rings is 1. The molecule has 52 valence electrons. The van der Waals surface area contributed by atoms with Crippen LogP contribution in [-0.4, -0.2) is 7.05 Å². The molecular formula is C8H15N. The zero-order chi connectivity index (χ0) is 7.11. The molecule has 0 aliphatic rings. The Balaban J connectivity index is 0. The number of aryl methyl sites for hydroxylation is 1. The molecule has 2 N–H and O–H groups in total. The van der Waals surface area contributed by atoms with Crippen LogP contribution < -0.4 is 5.73 Å². The summed E-state index contributed by atoms with van der Waals surface area (Å²) in [6, 6.07) is 10.3. The van der Waals surface area contributed by atoms with Gasteiger partial charge in [0.2, 0.25) is 0 Å². The van der Waals surface area contributed by atoms with E-state index in [0.717, 1.165) is 0 Å². The topological polar surface area (TPSA) is 26.0 Å². The van der Waals surface area contributed by atoms with Gasteiger partial charge < -0.3 is 5.73 Å². The van der Waals surface area contributed by atoms with Crippen molar-refractivity contribution in [3.05, 3.63) is 35.9 Å². The fourth-order valence-electron chi connectivity index (χ4n) is 0.534. The van der Waals surface area contributed by atoms with Crippen molar-refractivity contribution >= 4 is 0 Å². The molecule has 0 aliphatic carbocycles. The summed E-state index contributed by atoms with van der Waals surface area (Å²) in [6.45, 7) is 2.08. The van der Waals surface area contributed by atoms with Gasteiger partial charge >= 0.3 is 0 Å². The van der Waals surface area contributed by atoms with Crippen molar-refractivity contribution in [2.45, 2.75) is 6.92 Å². The van der Waals surface area contributed by atoms with E-state index in [9.17, 15) is 0 Å². The lowest BCUT2D eigenvalue weighted by molar-refractivity contribution is 1.48. The number of hydrogen-bond acceptors (Lipinski definition) is 1. The Labute approximate surface area is 58.0 Å². The van der Waals surface area contributed by atoms with E-state index in [1.165, 1.54) is 12.6 Å². The van der Waals surface area contributed by atoms with E-state index in [2.05, 4.69) is 24.8 Å². The molecule has 0 aliphatic heterocycles. The molecule has 0 bridgehead atoms. The van der Waals surface area contributed by atoms with Gasteiger partial charge in [0.25, 0.3) is 0 Å². The Morgan fingerprint density at radius 1 is 1.11 bits per heavy atom. The van der Waals surface area contributed by atoms with E-state index in [4.69, 9.17) is 0 Å². The zero-order valence-electron chi connectivity index (χ0n) is 5.96. The standard InChI is InChI=1S/C7H8.CH5N.H2/c1-7-5-3-2-4-6-7;1-2;/h2-6H,1H3;2H2,1H3;1H. The summed E-state index contributed by atoms with van der Waals surface area (Å²) in [5.74, 6) is 0. The fraction of sp³-hybridized carbons (Fsp3) is 0.250. The third kappa shape index (κ3) is 3.74. The highest BCUT2D eigenvalue weighted by atomic mass is 14.4. The van der Waals surface area contributed by atoms with Gasteiger partial charge in [0.15, 0.2) is 0 Å². The van der Waals surface area contributed by atoms with Gasteiger partial charge in [-0.05, 0) is 14.0 Å². The first-order valence-corrected chi connectivity index (χ1v) is 2.99. The van der Waals surface area contributed by atoms with Gasteiger partial charge in [-0.2, -0.15) is 0 Å². The Kier molecular flexibility index (Phi) is 4.83. The highest BCUT2D eigenvalue weighted by molar-refractivity contribution is 5.11. The minimum Gasteiger partial charge on any atom is -0.333 e. The summed E-state index contributed by atoms with van der Waals surface area (Å²) in [5.41, 5.74) is 5.82. The Morgan fingerprint density at radius 2 is 1.56 bits per heavy atom. The first kappa shape index (κ1) is 8.18. The fourth-order valence-corrected chi connectivity index (χ4v) is 0.534. The molecule has 0 atom stereocenters. The summed E-state index contributed by atoms with van der Waals surface area (Å²) in [6.07, 6.45) is 0. The molecule has 0 saturated carbocycles. The smallest absolute Gasteiger partial charge is 0 e. The van der Waals surface area contributed by atoms with E-state index in [1.807, 2.05) is 18.2 Å². The van der Waals surface area contributed by atoms with Gasteiger partial charge in [0, 0.05) is 1.43 Å². The molecule has 1 aromatic carbocycles. The van der Waals surface area contributed by atoms with E-state index in [1.54, 1.807) is 0 Å². The van der Waals surface area contributed by atoms with Crippen LogP contribution in [0.5, 0.6) is 0 Å². The van der Waals surface area contributed by atoms with Gasteiger partial charge in [0.1, 0.15) is 0 Å². The lowest BCUT2D eigenvalue weighted by Crippen LogP contribution is -1.69. The molecule has 0 radical (unpaired) electrons. The van der Waals surface area contributed by atoms with Gasteiger partial charge in [-0.1, -0.05) is 35.9 Å². The molecule has 0 heterocycles. The molecule has 0 fully saturated rings. The van der Waals surface area contributed by atoms with Crippen LogP contribution in [0.25, 0.3) is 0 Å². The van der Waals surface area contributed by atoms with Gasteiger partial charge in [-0.15, -0.1) is 0 Å². The second-order valence-electron chi connectivity index (χ2n) is 1.65. The van der Waals surface area contributed by atoms with E-state index in [0.29, 0.717) is 0 Å². The van der Waals surface area contributed by atoms with E-state index >= 15 is 0 Å². The number of hydrogen-bond donors (Lipinski definition) is 1. The molecule has 1 aromatic rings. The predicted molar refractivity (Wildman–Crippen MR) is 43.4 cm³/mol. The van der Waals surface area contributed by atoms with Gasteiger partial charge in [0.05, 0.1) is 0 Å². The third-order valence-corrected chi connectivity index (χ3v) is 0.940. The van der Waals surface area contributed by atoms with Crippen LogP contribution in [0.1, 0.15) is 6.99 Å². The summed E-state index contributed by atoms with van der Waals surface area (Å²) in [7, 11) is 1.50. The largest absolute Gasteiger partial charge is 0.333 e. The first-order valence-electron chi connectivity index (χ1n) is 2.99. The van der Waals surface area contributed by atoms with Crippen molar-refractivity contribution < 1.29 is 1.43 Å². The Hall–Kier alpha value is -0.820. The number of rotatable bonds is 0. The lowest BCUT2D eigenvalue weighted by atomic mass is 10.2. The van der Waals surface area contributed by atoms with Crippen molar-refractivity contribution in [1.29, 1.82) is 0 Å². The van der Waals surface area contributed by atoms with E-state index < -0.39 is 0 Å². The maximum atomic E-state index is 4.50. The molecule has 1 heteroatoms. The molecule has 0 saturated heterocycles. The highest BCUT2D eigenvalue weighted by Gasteiger charge is 1.72. The van der Waals surface area contributed by atoms with E-state index in [-0.39, 0.29) is 1.43 Å². The molecule has 0 aromatic heterocycles. The molecule has 1 rings (SSSR count). The van der Waals surface area contributed by atoms with Crippen LogP contribution in [0.2, 0.25) is 0 Å². The minimum absolute atomic E-state index is 0. The summed E-state index contributed by atoms with van der Waals surface area (Å²) < 4.78 is 0. The van der Waals surface area contributed by atoms with Gasteiger partial charge in [-0.3, -0.25) is 0 Å². The highest BCUT2D eigenvalue weighted by Crippen LogP contribution is 1.92. The first-order chi connectivity index (χ1) is 4.39. The number of nitrogens with two attached hydrogens (primary N) is 1. The summed E-state index contributed by atoms with van der Waals surface area (Å²) >= 11 is 0. The quantitative estimate of drug-likeness (QED) is 0.562. The Bertz CT molecular complexity index is 139. The average Bonchev–Trinajstić information content (AvgIpc) is 1.94. The predicted octanol–water partition coefficient (Wildman–Crippen LogP) is 1.82. The average molecular weight is 125 g/mol. The van der Waals surface area contributed by atoms with Crippen molar-refractivity contribution in [3.8, 4) is 0 Å². The monoisotopic (exact) mass is 125 g/mol. The molecule has 0 unspecified atom stereocenters. The second kappa shape index (κ2) is 5.32. The van der Waals surface area contributed by atoms with Crippen molar-refractivity contribution in [1.82, 2.24) is 0 Å². The normalized spacial score (nSPS) is 7.44. The molecule has 0 spiro atoms. The van der Waals surface area contributed by atoms with Crippen LogP contribution in [0.3, 0.4) is 0 Å². The van der Waals surface area contributed by atoms with Crippen LogP contribution in [0.4, 0.5) is 0 Å². The van der Waals surface area contributed by atoms with Crippen LogP contribution in [0, 0.1) is 6.92 Å². The van der Waals surface area contributed by atoms with Crippen molar-refractivity contribution in [2.75, 3.05) is 7.05 Å². The second-order valence-corrected chi connectivity index (χ2v) is 1.65. The summed E-state index contributed by atoms with van der Waals surface area (Å²) in [4.78, 5) is 0. The minimum atomic E-state index is 0. The van der Waals surface area contributed by atoms with Crippen LogP contribution >= 0.6 is 0 Å². The van der Waals surface area contributed by atoms with Crippen LogP contribution in [-0.2, 0) is 0 Å². The van der Waals surface area contributed by atoms with Gasteiger partial charge in [-0.25, -0.2) is 0 Å². The lowest BCUT2D eigenvalue weighted by Gasteiger charge is -1.82.